The van der Waals surface area contributed by atoms with Gasteiger partial charge in [0.1, 0.15) is 35.6 Å². The van der Waals surface area contributed by atoms with E-state index in [1.807, 2.05) is 0 Å². The van der Waals surface area contributed by atoms with Crippen LogP contribution in [0.4, 0.5) is 4.79 Å². The van der Waals surface area contributed by atoms with Crippen LogP contribution in [0.5, 0.6) is 0 Å². The van der Waals surface area contributed by atoms with Crippen molar-refractivity contribution < 1.29 is 77.2 Å². The van der Waals surface area contributed by atoms with Crippen molar-refractivity contribution in [3.63, 3.8) is 0 Å². The predicted molar refractivity (Wildman–Crippen MR) is 225 cm³/mol. The summed E-state index contributed by atoms with van der Waals surface area (Å²) >= 11 is 0. The Morgan fingerprint density at radius 1 is 0.938 bits per heavy atom. The molecule has 2 bridgehead atoms. The molecule has 4 aliphatic rings. The number of ether oxygens (including phenoxy) is 7. The van der Waals surface area contributed by atoms with Crippen LogP contribution in [0.25, 0.3) is 0 Å². The van der Waals surface area contributed by atoms with Gasteiger partial charge in [0.05, 0.1) is 42.6 Å². The summed E-state index contributed by atoms with van der Waals surface area (Å²) in [5.74, 6) is -7.31. The summed E-state index contributed by atoms with van der Waals surface area (Å²) < 4.78 is 41.0. The summed E-state index contributed by atoms with van der Waals surface area (Å²) in [4.78, 5) is 83.8. The summed E-state index contributed by atoms with van der Waals surface area (Å²) in [6.45, 7) is 13.5. The van der Waals surface area contributed by atoms with Crippen molar-refractivity contribution in [1.29, 1.82) is 0 Å². The van der Waals surface area contributed by atoms with E-state index in [9.17, 15) is 39.3 Å². The van der Waals surface area contributed by atoms with Crippen molar-refractivity contribution in [3.05, 3.63) is 82.9 Å². The number of benzene rings is 2. The van der Waals surface area contributed by atoms with E-state index in [2.05, 4.69) is 0 Å². The van der Waals surface area contributed by atoms with E-state index in [1.165, 1.54) is 26.0 Å². The smallest absolute Gasteiger partial charge is 0.460 e. The number of aliphatic hydroxyl groups excluding tert-OH is 2. The fraction of sp³-hybridized carbons (Fsp3) is 0.583. The van der Waals surface area contributed by atoms with E-state index in [4.69, 9.17) is 33.2 Å². The van der Waals surface area contributed by atoms with E-state index in [-0.39, 0.29) is 36.3 Å². The predicted octanol–water partition coefficient (Wildman–Crippen LogP) is 5.08. The van der Waals surface area contributed by atoms with Crippen LogP contribution in [0.2, 0.25) is 0 Å². The van der Waals surface area contributed by atoms with E-state index in [1.54, 1.807) is 90.1 Å². The van der Waals surface area contributed by atoms with Gasteiger partial charge in [0.25, 0.3) is 0 Å². The van der Waals surface area contributed by atoms with Gasteiger partial charge in [0.15, 0.2) is 11.4 Å². The fourth-order valence-corrected chi connectivity index (χ4v) is 10.3. The molecule has 11 atom stereocenters. The maximum absolute atomic E-state index is 15.1. The molecule has 0 aromatic heterocycles. The Bertz CT molecular complexity index is 2140. The first-order valence-electron chi connectivity index (χ1n) is 21.6. The average Bonchev–Trinajstić information content (AvgIpc) is 3.22. The van der Waals surface area contributed by atoms with Crippen molar-refractivity contribution in [2.75, 3.05) is 13.2 Å². The van der Waals surface area contributed by atoms with Crippen LogP contribution in [0.3, 0.4) is 0 Å². The minimum absolute atomic E-state index is 0.0524. The largest absolute Gasteiger partial charge is 0.509 e. The third-order valence-electron chi connectivity index (χ3n) is 13.5. The van der Waals surface area contributed by atoms with E-state index in [0.717, 1.165) is 6.92 Å². The van der Waals surface area contributed by atoms with Gasteiger partial charge in [-0.15, -0.1) is 0 Å². The lowest BCUT2D eigenvalue weighted by atomic mass is 9.44. The maximum Gasteiger partial charge on any atom is 0.509 e. The number of aliphatic hydroxyl groups is 3. The van der Waals surface area contributed by atoms with Crippen LogP contribution in [0, 0.1) is 16.7 Å². The molecule has 3 aliphatic carbocycles. The van der Waals surface area contributed by atoms with Crippen LogP contribution in [-0.4, -0.2) is 118 Å². The standard InChI is InChI=1S/C48H60O16/c1-10-21-58-43(56)61-37(30(28-17-13-11-14-18-28)22-34(51)64-44(4,5)6)42(55)60-31-24-48(57)40(62-41(54)29-19-15-12-16-20-29)38-46(9,39(53)36(52)35(26(31)2)45(48,7)8)32(50)23-33-47(38,25-59-33)63-27(3)49/h11-20,30-33,36-38,40,50,52,57H,10,21-25H2,1-9H3/t30-,31-,32-,33+,36+,37?,38-,40-,46+,47-,48+/m0/s1. The monoisotopic (exact) mass is 892 g/mol. The summed E-state index contributed by atoms with van der Waals surface area (Å²) in [5.41, 5.74) is -8.28. The molecule has 2 aromatic rings. The molecule has 0 radical (unpaired) electrons. The zero-order chi connectivity index (χ0) is 47.2. The molecule has 0 spiro atoms. The molecule has 16 nitrogen and oxygen atoms in total. The van der Waals surface area contributed by atoms with Gasteiger partial charge in [-0.2, -0.15) is 0 Å². The first-order valence-corrected chi connectivity index (χ1v) is 21.6. The van der Waals surface area contributed by atoms with Crippen molar-refractivity contribution in [3.8, 4) is 0 Å². The molecule has 16 heteroatoms. The third-order valence-corrected chi connectivity index (χ3v) is 13.5. The first-order chi connectivity index (χ1) is 29.9. The first kappa shape index (κ1) is 48.3. The number of ketones is 1. The summed E-state index contributed by atoms with van der Waals surface area (Å²) in [7, 11) is 0. The SMILES string of the molecule is CCCOC(=O)OC(C(=O)O[C@H]1C[C@@]2(O)[C@@H](OC(=O)c3ccccc3)[C@@H]3[C@]4(OC(C)=O)CO[C@@H]4C[C@H](O)[C@@]3(C)C(=O)[C@H](O)C(=C1C)C2(C)C)[C@@H](CC(=O)OC(C)(C)C)c1ccccc1. The minimum Gasteiger partial charge on any atom is -0.460 e. The van der Waals surface area contributed by atoms with Crippen LogP contribution < -0.4 is 0 Å². The Kier molecular flexibility index (Phi) is 13.6. The van der Waals surface area contributed by atoms with Crippen LogP contribution in [0.1, 0.15) is 110 Å². The lowest BCUT2D eigenvalue weighted by Crippen LogP contribution is -2.81. The number of Topliss-reactive ketones (excluding diaryl/α,β-unsaturated/α-hetero) is 1. The molecular weight excluding hydrogens is 833 g/mol. The quantitative estimate of drug-likeness (QED) is 0.143. The lowest BCUT2D eigenvalue weighted by molar-refractivity contribution is -0.346. The molecule has 1 unspecified atom stereocenters. The topological polar surface area (TPSA) is 228 Å². The van der Waals surface area contributed by atoms with Gasteiger partial charge in [-0.3, -0.25) is 14.4 Å². The van der Waals surface area contributed by atoms with Gasteiger partial charge in [-0.25, -0.2) is 14.4 Å². The molecule has 1 saturated heterocycles. The molecule has 64 heavy (non-hydrogen) atoms. The van der Waals surface area contributed by atoms with Crippen molar-refractivity contribution in [1.82, 2.24) is 0 Å². The van der Waals surface area contributed by atoms with Crippen LogP contribution >= 0.6 is 0 Å². The molecule has 1 aliphatic heterocycles. The van der Waals surface area contributed by atoms with Crippen LogP contribution in [-0.2, 0) is 52.3 Å². The Labute approximate surface area is 372 Å². The normalized spacial score (nSPS) is 31.5. The second-order valence-electron chi connectivity index (χ2n) is 19.0. The molecule has 0 amide bonds. The Morgan fingerprint density at radius 3 is 2.12 bits per heavy atom. The van der Waals surface area contributed by atoms with Crippen molar-refractivity contribution in [2.45, 2.75) is 147 Å². The lowest BCUT2D eigenvalue weighted by Gasteiger charge is -2.67. The Hall–Kier alpha value is -5.16. The maximum atomic E-state index is 15.1. The summed E-state index contributed by atoms with van der Waals surface area (Å²) in [6.07, 6.45) is -11.9. The van der Waals surface area contributed by atoms with Crippen molar-refractivity contribution >= 4 is 35.8 Å². The number of hydrogen-bond acceptors (Lipinski definition) is 16. The van der Waals surface area contributed by atoms with Gasteiger partial charge < -0.3 is 48.5 Å². The fourth-order valence-electron chi connectivity index (χ4n) is 10.3. The number of rotatable bonds is 12. The highest BCUT2D eigenvalue weighted by atomic mass is 16.7. The van der Waals surface area contributed by atoms with E-state index >= 15 is 4.79 Å². The molecule has 2 saturated carbocycles. The summed E-state index contributed by atoms with van der Waals surface area (Å²) in [6, 6.07) is 16.2. The van der Waals surface area contributed by atoms with Gasteiger partial charge in [-0.05, 0) is 69.9 Å². The number of fused-ring (bicyclic) bond motifs is 5. The molecule has 2 aromatic carbocycles. The highest BCUT2D eigenvalue weighted by molar-refractivity contribution is 5.94. The molecule has 1 heterocycles. The highest BCUT2D eigenvalue weighted by Crippen LogP contribution is 2.64. The van der Waals surface area contributed by atoms with Crippen molar-refractivity contribution in [2.24, 2.45) is 16.7 Å². The van der Waals surface area contributed by atoms with Gasteiger partial charge in [0, 0.05) is 31.1 Å². The number of esters is 4. The highest BCUT2D eigenvalue weighted by Gasteiger charge is 2.78. The molecular formula is C48H60O16. The Morgan fingerprint density at radius 2 is 1.56 bits per heavy atom. The summed E-state index contributed by atoms with van der Waals surface area (Å²) in [5, 5.41) is 37.9. The molecule has 348 valence electrons. The van der Waals surface area contributed by atoms with E-state index < -0.39 is 125 Å². The zero-order valence-electron chi connectivity index (χ0n) is 37.8. The zero-order valence-corrected chi connectivity index (χ0v) is 37.8. The van der Waals surface area contributed by atoms with Gasteiger partial charge >= 0.3 is 30.0 Å². The van der Waals surface area contributed by atoms with Gasteiger partial charge in [-0.1, -0.05) is 69.3 Å². The molecule has 3 fully saturated rings. The van der Waals surface area contributed by atoms with Gasteiger partial charge in [0.2, 0.25) is 6.10 Å². The molecule has 3 N–H and O–H groups in total. The third kappa shape index (κ3) is 8.69. The molecule has 6 rings (SSSR count). The average molecular weight is 893 g/mol. The second kappa shape index (κ2) is 18.0. The number of carbonyl (C=O) groups excluding carboxylic acids is 6. The van der Waals surface area contributed by atoms with E-state index in [0.29, 0.717) is 12.0 Å². The second-order valence-corrected chi connectivity index (χ2v) is 19.0. The number of hydrogen-bond donors (Lipinski definition) is 3. The van der Waals surface area contributed by atoms with Crippen LogP contribution in [0.15, 0.2) is 71.8 Å². The number of carbonyl (C=O) groups is 6. The minimum atomic E-state index is -2.40. The Balaban J connectivity index is 1.52.